The number of rotatable bonds is 0. The van der Waals surface area contributed by atoms with Crippen LogP contribution in [0.15, 0.2) is 0 Å². The molecule has 0 aromatic rings. The molecule has 1 fully saturated rings. The van der Waals surface area contributed by atoms with Crippen molar-refractivity contribution in [1.29, 1.82) is 0 Å². The Morgan fingerprint density at radius 1 is 1.00 bits per heavy atom. The predicted molar refractivity (Wildman–Crippen MR) is 50.9 cm³/mol. The first-order valence-corrected chi connectivity index (χ1v) is 4.16. The number of piperidine rings is 1. The Labute approximate surface area is 82.5 Å². The van der Waals surface area contributed by atoms with Gasteiger partial charge in [0.1, 0.15) is 0 Å². The Morgan fingerprint density at radius 3 is 1.82 bits per heavy atom. The summed E-state index contributed by atoms with van der Waals surface area (Å²) in [6.07, 6.45) is 2.66. The third kappa shape index (κ3) is 3.65. The first-order chi connectivity index (χ1) is 4.41. The molecule has 61 valence electrons. The maximum absolute atomic E-state index is 3.55. The van der Waals surface area contributed by atoms with Crippen LogP contribution >= 0.6 is 0 Å². The summed E-state index contributed by atoms with van der Waals surface area (Å²) in [5.41, 5.74) is 0.908. The van der Waals surface area contributed by atoms with Crippen LogP contribution in [0.25, 0.3) is 0 Å². The molecule has 0 unspecified atom stereocenters. The molecule has 1 aliphatic heterocycles. The van der Waals surface area contributed by atoms with E-state index in [-0.39, 0.29) is 18.9 Å². The molecule has 1 heterocycles. The van der Waals surface area contributed by atoms with Gasteiger partial charge in [0.05, 0.1) is 0 Å². The molecule has 0 aromatic carbocycles. The van der Waals surface area contributed by atoms with E-state index in [1.807, 2.05) is 0 Å². The van der Waals surface area contributed by atoms with Crippen LogP contribution in [0.3, 0.4) is 0 Å². The molecule has 11 heavy (non-hydrogen) atoms. The zero-order chi connectivity index (χ0) is 7.83. The molecule has 0 amide bonds. The van der Waals surface area contributed by atoms with Crippen LogP contribution in [0.5, 0.6) is 0 Å². The fourth-order valence-corrected chi connectivity index (χ4v) is 1.31. The fourth-order valence-electron chi connectivity index (χ4n) is 1.31. The van der Waals surface area contributed by atoms with E-state index in [0.29, 0.717) is 11.0 Å². The molecule has 0 bridgehead atoms. The fraction of sp³-hybridized carbons (Fsp3) is 1.00. The Morgan fingerprint density at radius 2 is 1.55 bits per heavy atom. The van der Waals surface area contributed by atoms with Gasteiger partial charge < -0.3 is 5.32 Å². The molecule has 1 rings (SSSR count). The van der Waals surface area contributed by atoms with Crippen LogP contribution in [0, 0.1) is 5.41 Å². The van der Waals surface area contributed by atoms with E-state index in [0.717, 1.165) is 0 Å². The van der Waals surface area contributed by atoms with Crippen molar-refractivity contribution < 1.29 is 0 Å². The van der Waals surface area contributed by atoms with Gasteiger partial charge in [0.15, 0.2) is 0 Å². The molecule has 0 aliphatic carbocycles. The topological polar surface area (TPSA) is 12.0 Å². The van der Waals surface area contributed by atoms with Crippen LogP contribution in [-0.4, -0.2) is 30.9 Å². The van der Waals surface area contributed by atoms with Gasteiger partial charge in [-0.15, -0.1) is 0 Å². The van der Waals surface area contributed by atoms with Crippen molar-refractivity contribution >= 4 is 18.9 Å². The van der Waals surface area contributed by atoms with Crippen LogP contribution in [0.1, 0.15) is 40.5 Å². The molecule has 1 saturated heterocycles. The Kier molecular flexibility index (Phi) is 3.70. The van der Waals surface area contributed by atoms with Gasteiger partial charge in [0, 0.05) is 30.9 Å². The molecule has 1 radical (unpaired) electrons. The average Bonchev–Trinajstić information content (AvgIpc) is 1.79. The number of hydrogen-bond donors (Lipinski definition) is 1. The smallest absolute Gasteiger partial charge is 0.0125 e. The van der Waals surface area contributed by atoms with Gasteiger partial charge in [0.25, 0.3) is 0 Å². The zero-order valence-electron chi connectivity index (χ0n) is 8.62. The molecule has 1 N–H and O–H groups in total. The quantitative estimate of drug-likeness (QED) is 0.516. The van der Waals surface area contributed by atoms with Gasteiger partial charge >= 0.3 is 0 Å². The van der Waals surface area contributed by atoms with E-state index in [1.165, 1.54) is 19.4 Å². The van der Waals surface area contributed by atoms with Crippen molar-refractivity contribution in [2.75, 3.05) is 6.54 Å². The second-order valence-corrected chi connectivity index (χ2v) is 4.90. The molecule has 0 aromatic heterocycles. The van der Waals surface area contributed by atoms with Crippen LogP contribution < -0.4 is 5.32 Å². The Hall–Kier alpha value is 0.557. The standard InChI is InChI=1S/C9H19N.Li/c1-8(2)5-6-9(3,4)10-7-8;/h10H,5-7H2,1-4H3;. The van der Waals surface area contributed by atoms with Gasteiger partial charge in [-0.05, 0) is 32.1 Å². The summed E-state index contributed by atoms with van der Waals surface area (Å²) in [7, 11) is 0. The van der Waals surface area contributed by atoms with Gasteiger partial charge in [-0.3, -0.25) is 0 Å². The summed E-state index contributed by atoms with van der Waals surface area (Å²) in [5, 5.41) is 3.55. The van der Waals surface area contributed by atoms with Crippen molar-refractivity contribution in [3.05, 3.63) is 0 Å². The third-order valence-corrected chi connectivity index (χ3v) is 2.47. The monoisotopic (exact) mass is 148 g/mol. The second kappa shape index (κ2) is 3.52. The van der Waals surface area contributed by atoms with E-state index in [2.05, 4.69) is 33.0 Å². The summed E-state index contributed by atoms with van der Waals surface area (Å²) in [6, 6.07) is 0. The first-order valence-electron chi connectivity index (χ1n) is 4.16. The normalized spacial score (nSPS) is 27.3. The average molecular weight is 148 g/mol. The Bertz CT molecular complexity index is 102. The predicted octanol–water partition coefficient (Wildman–Crippen LogP) is 1.79. The van der Waals surface area contributed by atoms with E-state index >= 15 is 0 Å². The molecular weight excluding hydrogens is 129 g/mol. The summed E-state index contributed by atoms with van der Waals surface area (Å²) in [5.74, 6) is 0. The van der Waals surface area contributed by atoms with Crippen molar-refractivity contribution in [2.45, 2.75) is 46.1 Å². The summed E-state index contributed by atoms with van der Waals surface area (Å²) in [4.78, 5) is 0. The molecule has 0 saturated carbocycles. The SMILES string of the molecule is CC1(C)CCC(C)(C)NC1.[Li]. The largest absolute Gasteiger partial charge is 0.311 e. The molecule has 0 atom stereocenters. The minimum atomic E-state index is 0. The minimum Gasteiger partial charge on any atom is -0.311 e. The third-order valence-electron chi connectivity index (χ3n) is 2.47. The van der Waals surface area contributed by atoms with E-state index in [9.17, 15) is 0 Å². The van der Waals surface area contributed by atoms with Crippen LogP contribution in [-0.2, 0) is 0 Å². The minimum absolute atomic E-state index is 0. The van der Waals surface area contributed by atoms with E-state index in [1.54, 1.807) is 0 Å². The van der Waals surface area contributed by atoms with E-state index < -0.39 is 0 Å². The maximum Gasteiger partial charge on any atom is 0.0125 e. The number of hydrogen-bond acceptors (Lipinski definition) is 1. The van der Waals surface area contributed by atoms with E-state index in [4.69, 9.17) is 0 Å². The molecular formula is C9H19LiN. The summed E-state index contributed by atoms with van der Waals surface area (Å²) < 4.78 is 0. The Balaban J connectivity index is 0.000001000. The maximum atomic E-state index is 3.55. The van der Waals surface area contributed by atoms with Crippen molar-refractivity contribution in [3.63, 3.8) is 0 Å². The second-order valence-electron chi connectivity index (χ2n) is 4.90. The molecule has 0 spiro atoms. The van der Waals surface area contributed by atoms with Gasteiger partial charge in [0.2, 0.25) is 0 Å². The molecule has 1 nitrogen and oxygen atoms in total. The van der Waals surface area contributed by atoms with Gasteiger partial charge in [-0.1, -0.05) is 13.8 Å². The van der Waals surface area contributed by atoms with Gasteiger partial charge in [-0.2, -0.15) is 0 Å². The molecule has 1 aliphatic rings. The van der Waals surface area contributed by atoms with Crippen molar-refractivity contribution in [2.24, 2.45) is 5.41 Å². The van der Waals surface area contributed by atoms with Crippen LogP contribution in [0.4, 0.5) is 0 Å². The summed E-state index contributed by atoms with van der Waals surface area (Å²) in [6.45, 7) is 10.4. The zero-order valence-corrected chi connectivity index (χ0v) is 8.62. The van der Waals surface area contributed by atoms with Gasteiger partial charge in [-0.25, -0.2) is 0 Å². The first kappa shape index (κ1) is 11.6. The number of nitrogens with one attached hydrogen (secondary N) is 1. The van der Waals surface area contributed by atoms with Crippen molar-refractivity contribution in [1.82, 2.24) is 5.32 Å². The molecule has 2 heteroatoms. The van der Waals surface area contributed by atoms with Crippen molar-refractivity contribution in [3.8, 4) is 0 Å². The van der Waals surface area contributed by atoms with Crippen LogP contribution in [0.2, 0.25) is 0 Å². The summed E-state index contributed by atoms with van der Waals surface area (Å²) >= 11 is 0.